The van der Waals surface area contributed by atoms with Gasteiger partial charge in [-0.2, -0.15) is 5.10 Å². The number of nitrogens with zero attached hydrogens (tertiary/aromatic N) is 3. The van der Waals surface area contributed by atoms with Crippen molar-refractivity contribution in [2.45, 2.75) is 229 Å². The molecule has 2 aromatic rings. The molecule has 6 heterocycles. The summed E-state index contributed by atoms with van der Waals surface area (Å²) in [4.78, 5) is 43.2. The molecule has 28 heteroatoms. The Kier molecular flexibility index (Phi) is 25.5. The van der Waals surface area contributed by atoms with Crippen molar-refractivity contribution >= 4 is 40.3 Å². The summed E-state index contributed by atoms with van der Waals surface area (Å²) in [7, 11) is 4.94. The van der Waals surface area contributed by atoms with Gasteiger partial charge in [-0.1, -0.05) is 58.8 Å². The predicted octanol–water partition coefficient (Wildman–Crippen LogP) is 2.32. The van der Waals surface area contributed by atoms with Crippen LogP contribution in [-0.2, 0) is 42.7 Å². The number of amides is 1. The lowest BCUT2D eigenvalue weighted by Gasteiger charge is -2.48. The molecule has 96 heavy (non-hydrogen) atoms. The SMILES string of the molecule is CNC(C)C1CCC(N)C(OC2C(N)CC(N)C(OC3OCC(C)(O)C(NC)C3O)C2O)O1.CO[C@H]1/C=C/O[C@@]2(C)Oc3c(C)c(O)c4c(O)c(c(/C=N/N5CCN(C6CCCC6)CC5)c(O)c4c3C2=O)NC(=O)/C(C)=C\C=C\[C@H](C)[C@H](O)[C@@H](C)[C@@H](O)[C@@H](C)[C@H](OC(C)=O)[C@@H]1C. The number of nitrogens with one attached hydrogen (secondary N) is 3. The Balaban J connectivity index is 0.000000299. The normalized spacial score (nSPS) is 38.5. The summed E-state index contributed by atoms with van der Waals surface area (Å²) in [5.74, 6) is -8.28. The summed E-state index contributed by atoms with van der Waals surface area (Å²) in [5.41, 5.74) is 17.2. The fraction of sp³-hybridized carbons (Fsp3) is 0.706. The van der Waals surface area contributed by atoms with E-state index in [1.165, 1.54) is 85.1 Å². The maximum absolute atomic E-state index is 14.5. The number of hydrogen-bond donors (Lipinski definition) is 14. The number of anilines is 1. The van der Waals surface area contributed by atoms with Crippen LogP contribution in [0, 0.1) is 30.6 Å². The number of hydrazone groups is 1. The van der Waals surface area contributed by atoms with Gasteiger partial charge in [0.15, 0.2) is 18.3 Å². The number of aliphatic hydroxyl groups is 5. The molecule has 8 aliphatic rings. The molecule has 2 saturated carbocycles. The van der Waals surface area contributed by atoms with Crippen LogP contribution in [0.1, 0.15) is 129 Å². The third kappa shape index (κ3) is 16.3. The first-order valence-electron chi connectivity index (χ1n) is 33.7. The Morgan fingerprint density at radius 2 is 1.46 bits per heavy atom. The summed E-state index contributed by atoms with van der Waals surface area (Å²) in [6.45, 7) is 18.9. The smallest absolute Gasteiger partial charge is 0.312 e. The number of fused-ring (bicyclic) bond motifs is 14. The minimum Gasteiger partial charge on any atom is -0.507 e. The van der Waals surface area contributed by atoms with E-state index in [4.69, 9.17) is 55.1 Å². The molecule has 6 aliphatic heterocycles. The molecule has 1 amide bonds. The van der Waals surface area contributed by atoms with E-state index < -0.39 is 150 Å². The third-order valence-electron chi connectivity index (χ3n) is 20.8. The number of rotatable bonds is 12. The van der Waals surface area contributed by atoms with Gasteiger partial charge in [0, 0.05) is 111 Å². The van der Waals surface area contributed by atoms with Crippen molar-refractivity contribution in [2.75, 3.05) is 59.3 Å². The zero-order chi connectivity index (χ0) is 70.6. The molecule has 5 fully saturated rings. The van der Waals surface area contributed by atoms with Crippen LogP contribution in [0.3, 0.4) is 0 Å². The van der Waals surface area contributed by atoms with Crippen LogP contribution in [0.5, 0.6) is 23.0 Å². The monoisotopic (exact) mass is 1350 g/mol. The number of likely N-dealkylation sites (N-methyl/N-ethyl adjacent to an activating group) is 2. The van der Waals surface area contributed by atoms with Crippen molar-refractivity contribution in [1.82, 2.24) is 20.5 Å². The van der Waals surface area contributed by atoms with Gasteiger partial charge in [-0.25, -0.2) is 0 Å². The number of Topliss-reactive ketones (excluding diaryl/α,β-unsaturated/α-hetero) is 1. The highest BCUT2D eigenvalue weighted by molar-refractivity contribution is 6.24. The first-order valence-corrected chi connectivity index (χ1v) is 33.7. The number of phenolic OH excluding ortho intramolecular Hbond substituents is 3. The van der Waals surface area contributed by atoms with E-state index >= 15 is 0 Å². The molecule has 17 N–H and O–H groups in total. The van der Waals surface area contributed by atoms with Crippen LogP contribution < -0.4 is 37.9 Å². The van der Waals surface area contributed by atoms with E-state index in [0.29, 0.717) is 32.0 Å². The van der Waals surface area contributed by atoms with Crippen molar-refractivity contribution < 1.29 is 93.1 Å². The standard InChI is InChI=1S/C47H64N4O12.C21H43N5O7/c1-24-13-12-14-25(2)46(59)49-37-32(23-48-51-20-18-50(19-21-51)31-15-10-11-16-31)41(56)34-35(42(37)57)40(55)29(6)44-36(34)45(58)47(8,63-44)61-22-17-33(60-9)26(3)43(62-30(7)52)28(5)39(54)27(4)38(24)53;1-9(25-3)13-6-5-10(22)19(31-13)32-16-11(23)7-12(24)17(14(16)27)33-20-15(28)18(26-4)21(2,29)8-30-20/h12-14,17,22-24,26-28,31,33,38-39,43,53-57H,10-11,15-16,18-21H2,1-9H3,(H,49,59);9-20,25-29H,5-8,22-24H2,1-4H3/b13-12+,22-17+,25-14-,48-23+;/t24-,26+,27+,28+,33-,38-,39+,43+,47-;/m0./s1. The lowest BCUT2D eigenvalue weighted by atomic mass is 9.78. The van der Waals surface area contributed by atoms with Crippen molar-refractivity contribution in [3.05, 3.63) is 52.8 Å². The van der Waals surface area contributed by atoms with Crippen LogP contribution >= 0.6 is 0 Å². The first kappa shape index (κ1) is 76.1. The van der Waals surface area contributed by atoms with E-state index in [0.717, 1.165) is 19.5 Å². The predicted molar refractivity (Wildman–Crippen MR) is 357 cm³/mol. The third-order valence-corrected chi connectivity index (χ3v) is 20.8. The average molecular weight is 1350 g/mol. The van der Waals surface area contributed by atoms with Gasteiger partial charge in [0.25, 0.3) is 11.7 Å². The van der Waals surface area contributed by atoms with Crippen molar-refractivity contribution in [3.8, 4) is 23.0 Å². The maximum atomic E-state index is 14.5. The molecule has 5 bridgehead atoms. The van der Waals surface area contributed by atoms with Gasteiger partial charge in [-0.05, 0) is 80.0 Å². The number of esters is 1. The lowest BCUT2D eigenvalue weighted by Crippen LogP contribution is -2.68. The summed E-state index contributed by atoms with van der Waals surface area (Å²) in [5, 5.41) is 106. The number of aliphatic hydroxyl groups excluding tert-OH is 4. The molecule has 538 valence electrons. The number of ketones is 1. The lowest BCUT2D eigenvalue weighted by molar-refractivity contribution is -0.307. The molecular weight excluding hydrogens is 1250 g/mol. The van der Waals surface area contributed by atoms with E-state index in [2.05, 4.69) is 26.0 Å². The second-order valence-corrected chi connectivity index (χ2v) is 27.7. The Morgan fingerprint density at radius 1 is 0.812 bits per heavy atom. The number of hydrogen-bond acceptors (Lipinski definition) is 27. The topological polar surface area (TPSA) is 420 Å². The van der Waals surface area contributed by atoms with Gasteiger partial charge in [0.1, 0.15) is 53.4 Å². The fourth-order valence-corrected chi connectivity index (χ4v) is 14.5. The highest BCUT2D eigenvalue weighted by Gasteiger charge is 2.53. The molecule has 2 aliphatic carbocycles. The summed E-state index contributed by atoms with van der Waals surface area (Å²) in [6, 6.07) is -1.56. The Labute approximate surface area is 562 Å². The molecule has 3 saturated heterocycles. The van der Waals surface area contributed by atoms with E-state index in [1.807, 2.05) is 19.0 Å². The molecule has 0 spiro atoms. The number of methoxy groups -OCH3 is 1. The molecule has 0 aromatic heterocycles. The maximum Gasteiger partial charge on any atom is 0.312 e. The Hall–Kier alpha value is -5.64. The highest BCUT2D eigenvalue weighted by atomic mass is 16.7. The van der Waals surface area contributed by atoms with Crippen LogP contribution in [0.15, 0.2) is 41.2 Å². The molecule has 22 atom stereocenters. The average Bonchev–Trinajstić information content (AvgIpc) is 1.48. The van der Waals surface area contributed by atoms with Crippen LogP contribution in [-0.4, -0.2) is 244 Å². The number of ether oxygens (including phenoxy) is 8. The largest absolute Gasteiger partial charge is 0.507 e. The van der Waals surface area contributed by atoms with Gasteiger partial charge >= 0.3 is 11.8 Å². The van der Waals surface area contributed by atoms with Crippen LogP contribution in [0.2, 0.25) is 0 Å². The molecular formula is C68H107N9O19. The molecule has 10 rings (SSSR count). The van der Waals surface area contributed by atoms with Crippen molar-refractivity contribution in [3.63, 3.8) is 0 Å². The second-order valence-electron chi connectivity index (χ2n) is 27.7. The first-order chi connectivity index (χ1) is 45.3. The number of carbonyl (C=O) groups is 3. The number of carbonyl (C=O) groups excluding carboxylic acids is 3. The number of aromatic hydroxyl groups is 3. The Morgan fingerprint density at radius 3 is 2.07 bits per heavy atom. The quantitative estimate of drug-likeness (QED) is 0.0627. The van der Waals surface area contributed by atoms with E-state index in [9.17, 15) is 55.2 Å². The zero-order valence-corrected chi connectivity index (χ0v) is 57.7. The van der Waals surface area contributed by atoms with Gasteiger partial charge < -0.3 is 112 Å². The fourth-order valence-electron chi connectivity index (χ4n) is 14.5. The van der Waals surface area contributed by atoms with Gasteiger partial charge in [-0.15, -0.1) is 0 Å². The van der Waals surface area contributed by atoms with Crippen molar-refractivity contribution in [2.24, 2.45) is 46.0 Å². The molecule has 2 aromatic carbocycles. The highest BCUT2D eigenvalue weighted by Crippen LogP contribution is 2.55. The summed E-state index contributed by atoms with van der Waals surface area (Å²) in [6.07, 6.45) is 5.53. The van der Waals surface area contributed by atoms with E-state index in [1.54, 1.807) is 53.8 Å². The minimum absolute atomic E-state index is 0.0620. The van der Waals surface area contributed by atoms with Crippen LogP contribution in [0.25, 0.3) is 10.8 Å². The van der Waals surface area contributed by atoms with E-state index in [-0.39, 0.29) is 69.3 Å². The molecule has 0 radical (unpaired) electrons. The number of phenols is 3. The number of piperazine rings is 1. The summed E-state index contributed by atoms with van der Waals surface area (Å²) < 4.78 is 47.4. The van der Waals surface area contributed by atoms with Gasteiger partial charge in [-0.3, -0.25) is 24.3 Å². The number of benzene rings is 2. The number of allylic oxidation sites excluding steroid dienone is 2. The zero-order valence-electron chi connectivity index (χ0n) is 57.7. The molecule has 28 nitrogen and oxygen atoms in total. The summed E-state index contributed by atoms with van der Waals surface area (Å²) >= 11 is 0. The van der Waals surface area contributed by atoms with Crippen molar-refractivity contribution in [1.29, 1.82) is 0 Å². The number of nitrogens with two attached hydrogens (primary N) is 3. The van der Waals surface area contributed by atoms with Gasteiger partial charge in [0.05, 0.1) is 77.8 Å². The van der Waals surface area contributed by atoms with Gasteiger partial charge in [0.2, 0.25) is 0 Å². The minimum atomic E-state index is -2.04. The molecule has 13 unspecified atom stereocenters. The Bertz CT molecular complexity index is 3160. The van der Waals surface area contributed by atoms with Crippen LogP contribution in [0.4, 0.5) is 5.69 Å². The second kappa shape index (κ2) is 32.1.